The van der Waals surface area contributed by atoms with E-state index in [9.17, 15) is 0 Å². The summed E-state index contributed by atoms with van der Waals surface area (Å²) in [6.45, 7) is 7.57. The summed E-state index contributed by atoms with van der Waals surface area (Å²) < 4.78 is 0. The molecule has 1 aromatic heterocycles. The number of fused-ring (bicyclic) bond motifs is 1. The first-order chi connectivity index (χ1) is 9.66. The maximum absolute atomic E-state index is 6.28. The van der Waals surface area contributed by atoms with Crippen molar-refractivity contribution in [3.8, 4) is 0 Å². The van der Waals surface area contributed by atoms with Crippen LogP contribution >= 0.6 is 11.6 Å². The van der Waals surface area contributed by atoms with Crippen LogP contribution in [0.3, 0.4) is 0 Å². The highest BCUT2D eigenvalue weighted by Crippen LogP contribution is 2.31. The summed E-state index contributed by atoms with van der Waals surface area (Å²) in [6.07, 6.45) is 1.84. The Hall–Kier alpha value is -1.32. The van der Waals surface area contributed by atoms with Gasteiger partial charge in [0.25, 0.3) is 0 Å². The number of benzene rings is 1. The Bertz CT molecular complexity index is 612. The molecule has 1 unspecified atom stereocenters. The molecule has 0 amide bonds. The summed E-state index contributed by atoms with van der Waals surface area (Å²) in [5, 5.41) is 5.39. The van der Waals surface area contributed by atoms with Gasteiger partial charge in [-0.2, -0.15) is 0 Å². The van der Waals surface area contributed by atoms with Gasteiger partial charge in [-0.15, -0.1) is 0 Å². The van der Waals surface area contributed by atoms with E-state index in [1.54, 1.807) is 0 Å². The van der Waals surface area contributed by atoms with Crippen molar-refractivity contribution in [1.29, 1.82) is 0 Å². The molecule has 106 valence electrons. The lowest BCUT2D eigenvalue weighted by molar-refractivity contribution is 0.369. The van der Waals surface area contributed by atoms with E-state index >= 15 is 0 Å². The van der Waals surface area contributed by atoms with Crippen LogP contribution < -0.4 is 10.2 Å². The normalized spacial score (nSPS) is 19.8. The molecule has 1 saturated heterocycles. The van der Waals surface area contributed by atoms with Gasteiger partial charge in [0, 0.05) is 37.3 Å². The molecule has 3 nitrogen and oxygen atoms in total. The van der Waals surface area contributed by atoms with Gasteiger partial charge in [0.05, 0.1) is 16.2 Å². The van der Waals surface area contributed by atoms with E-state index in [0.29, 0.717) is 12.0 Å². The van der Waals surface area contributed by atoms with Gasteiger partial charge in [0.1, 0.15) is 0 Å². The summed E-state index contributed by atoms with van der Waals surface area (Å²) in [7, 11) is 0. The van der Waals surface area contributed by atoms with Crippen LogP contribution in [-0.4, -0.2) is 30.7 Å². The van der Waals surface area contributed by atoms with E-state index in [1.165, 1.54) is 5.69 Å². The van der Waals surface area contributed by atoms with Gasteiger partial charge in [-0.3, -0.25) is 4.98 Å². The molecule has 1 atom stereocenters. The van der Waals surface area contributed by atoms with Crippen LogP contribution in [0.2, 0.25) is 5.02 Å². The molecule has 20 heavy (non-hydrogen) atoms. The van der Waals surface area contributed by atoms with Crippen LogP contribution in [0.4, 0.5) is 5.69 Å². The van der Waals surface area contributed by atoms with E-state index in [4.69, 9.17) is 11.6 Å². The fourth-order valence-electron chi connectivity index (χ4n) is 2.82. The smallest absolute Gasteiger partial charge is 0.0950 e. The Balaban J connectivity index is 2.00. The van der Waals surface area contributed by atoms with Gasteiger partial charge in [0.15, 0.2) is 0 Å². The van der Waals surface area contributed by atoms with Gasteiger partial charge in [0.2, 0.25) is 0 Å². The number of nitrogens with one attached hydrogen (secondary N) is 1. The molecule has 3 rings (SSSR count). The highest BCUT2D eigenvalue weighted by atomic mass is 35.5. The lowest BCUT2D eigenvalue weighted by Crippen LogP contribution is -2.53. The summed E-state index contributed by atoms with van der Waals surface area (Å²) in [6, 6.07) is 8.58. The lowest BCUT2D eigenvalue weighted by atomic mass is 10.0. The number of aromatic nitrogens is 1. The molecule has 1 N–H and O–H groups in total. The molecule has 4 heteroatoms. The molecule has 1 aromatic carbocycles. The van der Waals surface area contributed by atoms with Crippen molar-refractivity contribution in [2.24, 2.45) is 5.92 Å². The van der Waals surface area contributed by atoms with E-state index in [0.717, 1.165) is 35.6 Å². The molecule has 2 aromatic rings. The van der Waals surface area contributed by atoms with Crippen LogP contribution in [0, 0.1) is 5.92 Å². The second-order valence-electron chi connectivity index (χ2n) is 5.72. The maximum Gasteiger partial charge on any atom is 0.0950 e. The molecule has 1 aliphatic rings. The van der Waals surface area contributed by atoms with Crippen LogP contribution in [0.15, 0.2) is 30.5 Å². The van der Waals surface area contributed by atoms with Crippen molar-refractivity contribution in [3.05, 3.63) is 35.5 Å². The van der Waals surface area contributed by atoms with Crippen molar-refractivity contribution in [2.45, 2.75) is 19.9 Å². The minimum absolute atomic E-state index is 0.526. The van der Waals surface area contributed by atoms with Crippen LogP contribution in [0.1, 0.15) is 13.8 Å². The van der Waals surface area contributed by atoms with Crippen molar-refractivity contribution in [3.63, 3.8) is 0 Å². The molecule has 0 spiro atoms. The number of anilines is 1. The Labute approximate surface area is 124 Å². The summed E-state index contributed by atoms with van der Waals surface area (Å²) in [5.74, 6) is 0.629. The van der Waals surface area contributed by atoms with E-state index in [2.05, 4.69) is 35.1 Å². The minimum atomic E-state index is 0.526. The Morgan fingerprint density at radius 2 is 2.20 bits per heavy atom. The summed E-state index contributed by atoms with van der Waals surface area (Å²) in [5.41, 5.74) is 2.20. The van der Waals surface area contributed by atoms with E-state index in [1.807, 2.05) is 24.4 Å². The standard InChI is InChI=1S/C16H20ClN3/c1-11(2)14-10-20(9-8-18-14)15-6-5-13(17)12-4-3-7-19-16(12)15/h3-7,11,14,18H,8-10H2,1-2H3. The first kappa shape index (κ1) is 13.7. The Morgan fingerprint density at radius 3 is 3.00 bits per heavy atom. The molecule has 1 aliphatic heterocycles. The quantitative estimate of drug-likeness (QED) is 0.919. The fraction of sp³-hybridized carbons (Fsp3) is 0.438. The number of pyridine rings is 1. The first-order valence-electron chi connectivity index (χ1n) is 7.18. The molecule has 2 heterocycles. The minimum Gasteiger partial charge on any atom is -0.367 e. The van der Waals surface area contributed by atoms with Gasteiger partial charge < -0.3 is 10.2 Å². The fourth-order valence-corrected chi connectivity index (χ4v) is 3.04. The van der Waals surface area contributed by atoms with Crippen LogP contribution in [0.5, 0.6) is 0 Å². The molecular formula is C16H20ClN3. The molecule has 0 radical (unpaired) electrons. The zero-order chi connectivity index (χ0) is 14.1. The topological polar surface area (TPSA) is 28.2 Å². The third kappa shape index (κ3) is 2.48. The number of piperazine rings is 1. The molecule has 0 saturated carbocycles. The first-order valence-corrected chi connectivity index (χ1v) is 7.56. The van der Waals surface area contributed by atoms with Crippen molar-refractivity contribution in [2.75, 3.05) is 24.5 Å². The van der Waals surface area contributed by atoms with Crippen molar-refractivity contribution in [1.82, 2.24) is 10.3 Å². The average Bonchev–Trinajstić information content (AvgIpc) is 2.48. The van der Waals surface area contributed by atoms with Crippen LogP contribution in [-0.2, 0) is 0 Å². The average molecular weight is 290 g/mol. The van der Waals surface area contributed by atoms with Crippen molar-refractivity contribution >= 4 is 28.2 Å². The second kappa shape index (κ2) is 5.58. The molecule has 0 aliphatic carbocycles. The summed E-state index contributed by atoms with van der Waals surface area (Å²) >= 11 is 6.28. The van der Waals surface area contributed by atoms with Gasteiger partial charge in [-0.1, -0.05) is 25.4 Å². The van der Waals surface area contributed by atoms with Crippen molar-refractivity contribution < 1.29 is 0 Å². The third-order valence-corrected chi connectivity index (χ3v) is 4.38. The highest BCUT2D eigenvalue weighted by Gasteiger charge is 2.23. The SMILES string of the molecule is CC(C)C1CN(c2ccc(Cl)c3cccnc23)CCN1. The zero-order valence-electron chi connectivity index (χ0n) is 11.9. The monoisotopic (exact) mass is 289 g/mol. The van der Waals surface area contributed by atoms with E-state index in [-0.39, 0.29) is 0 Å². The Morgan fingerprint density at radius 1 is 1.35 bits per heavy atom. The maximum atomic E-state index is 6.28. The number of hydrogen-bond donors (Lipinski definition) is 1. The van der Waals surface area contributed by atoms with Gasteiger partial charge in [-0.05, 0) is 30.2 Å². The lowest BCUT2D eigenvalue weighted by Gasteiger charge is -2.37. The largest absolute Gasteiger partial charge is 0.367 e. The van der Waals surface area contributed by atoms with E-state index < -0.39 is 0 Å². The predicted octanol–water partition coefficient (Wildman–Crippen LogP) is 3.32. The highest BCUT2D eigenvalue weighted by molar-refractivity contribution is 6.35. The number of hydrogen-bond acceptors (Lipinski definition) is 3. The molecule has 0 bridgehead atoms. The number of halogens is 1. The van der Waals surface area contributed by atoms with Gasteiger partial charge >= 0.3 is 0 Å². The molecule has 1 fully saturated rings. The second-order valence-corrected chi connectivity index (χ2v) is 6.12. The summed E-state index contributed by atoms with van der Waals surface area (Å²) in [4.78, 5) is 6.96. The Kier molecular flexibility index (Phi) is 3.81. The zero-order valence-corrected chi connectivity index (χ0v) is 12.7. The third-order valence-electron chi connectivity index (χ3n) is 4.05. The number of nitrogens with zero attached hydrogens (tertiary/aromatic N) is 2. The molecular weight excluding hydrogens is 270 g/mol. The van der Waals surface area contributed by atoms with Crippen LogP contribution in [0.25, 0.3) is 10.9 Å². The predicted molar refractivity (Wildman–Crippen MR) is 85.6 cm³/mol. The van der Waals surface area contributed by atoms with Gasteiger partial charge in [-0.25, -0.2) is 0 Å². The number of rotatable bonds is 2.